The van der Waals surface area contributed by atoms with E-state index in [1.54, 1.807) is 12.3 Å². The monoisotopic (exact) mass is 298 g/mol. The fraction of sp³-hybridized carbons (Fsp3) is 0.353. The number of carbonyl (C=O) groups excluding carboxylic acids is 1. The third-order valence-electron chi connectivity index (χ3n) is 3.33. The van der Waals surface area contributed by atoms with Crippen LogP contribution in [-0.2, 0) is 0 Å². The van der Waals surface area contributed by atoms with Crippen LogP contribution in [0, 0.1) is 13.8 Å². The van der Waals surface area contributed by atoms with Gasteiger partial charge in [-0.1, -0.05) is 31.0 Å². The number of hydrogen-bond donors (Lipinski definition) is 2. The van der Waals surface area contributed by atoms with Crippen molar-refractivity contribution in [2.45, 2.75) is 33.6 Å². The third kappa shape index (κ3) is 4.28. The van der Waals surface area contributed by atoms with Crippen LogP contribution in [-0.4, -0.2) is 22.4 Å². The van der Waals surface area contributed by atoms with Crippen molar-refractivity contribution in [1.82, 2.24) is 9.97 Å². The number of aryl methyl sites for hydroxylation is 2. The second-order valence-electron chi connectivity index (χ2n) is 5.32. The average molecular weight is 298 g/mol. The van der Waals surface area contributed by atoms with E-state index in [0.29, 0.717) is 11.6 Å². The fourth-order valence-electron chi connectivity index (χ4n) is 2.09. The Morgan fingerprint density at radius 1 is 1.23 bits per heavy atom. The summed E-state index contributed by atoms with van der Waals surface area (Å²) in [5.74, 6) is 0.259. The number of rotatable bonds is 6. The second kappa shape index (κ2) is 7.54. The first-order valence-electron chi connectivity index (χ1n) is 7.55. The predicted molar refractivity (Wildman–Crippen MR) is 89.3 cm³/mol. The molecule has 2 aromatic rings. The van der Waals surface area contributed by atoms with Gasteiger partial charge < -0.3 is 10.6 Å². The van der Waals surface area contributed by atoms with Crippen molar-refractivity contribution in [3.63, 3.8) is 0 Å². The summed E-state index contributed by atoms with van der Waals surface area (Å²) in [5.41, 5.74) is 3.35. The maximum atomic E-state index is 12.3. The minimum Gasteiger partial charge on any atom is -0.354 e. The molecule has 0 aliphatic carbocycles. The molecule has 22 heavy (non-hydrogen) atoms. The number of hydrogen-bond acceptors (Lipinski definition) is 4. The zero-order valence-corrected chi connectivity index (χ0v) is 13.3. The molecular formula is C17H22N4O. The highest BCUT2D eigenvalue weighted by atomic mass is 16.1. The number of amides is 1. The third-order valence-corrected chi connectivity index (χ3v) is 3.33. The predicted octanol–water partition coefficient (Wildman–Crippen LogP) is 3.56. The number of carbonyl (C=O) groups is 1. The van der Waals surface area contributed by atoms with Crippen LogP contribution in [0.15, 0.2) is 30.5 Å². The van der Waals surface area contributed by atoms with E-state index >= 15 is 0 Å². The Kier molecular flexibility index (Phi) is 5.47. The Morgan fingerprint density at radius 2 is 2.05 bits per heavy atom. The first-order chi connectivity index (χ1) is 10.6. The average Bonchev–Trinajstić information content (AvgIpc) is 2.50. The van der Waals surface area contributed by atoms with E-state index in [2.05, 4.69) is 27.5 Å². The molecular weight excluding hydrogens is 276 g/mol. The van der Waals surface area contributed by atoms with E-state index in [4.69, 9.17) is 0 Å². The molecule has 0 aliphatic rings. The maximum Gasteiger partial charge on any atom is 0.274 e. The lowest BCUT2D eigenvalue weighted by atomic mass is 10.1. The molecule has 5 nitrogen and oxygen atoms in total. The molecule has 0 spiro atoms. The van der Waals surface area contributed by atoms with Gasteiger partial charge in [0.15, 0.2) is 0 Å². The van der Waals surface area contributed by atoms with Crippen LogP contribution < -0.4 is 10.6 Å². The molecule has 0 fully saturated rings. The summed E-state index contributed by atoms with van der Waals surface area (Å²) in [6.07, 6.45) is 3.74. The Labute approximate surface area is 131 Å². The van der Waals surface area contributed by atoms with Crippen LogP contribution in [0.5, 0.6) is 0 Å². The molecule has 0 radical (unpaired) electrons. The maximum absolute atomic E-state index is 12.3. The molecule has 1 heterocycles. The van der Waals surface area contributed by atoms with Crippen LogP contribution in [0.1, 0.15) is 41.4 Å². The molecule has 0 bridgehead atoms. The van der Waals surface area contributed by atoms with Crippen molar-refractivity contribution < 1.29 is 4.79 Å². The molecule has 116 valence electrons. The van der Waals surface area contributed by atoms with Gasteiger partial charge in [-0.05, 0) is 38.0 Å². The van der Waals surface area contributed by atoms with Crippen molar-refractivity contribution >= 4 is 17.5 Å². The first kappa shape index (κ1) is 15.9. The lowest BCUT2D eigenvalue weighted by molar-refractivity contribution is 0.102. The van der Waals surface area contributed by atoms with Crippen molar-refractivity contribution in [3.8, 4) is 0 Å². The summed E-state index contributed by atoms with van der Waals surface area (Å²) in [4.78, 5) is 20.7. The lowest BCUT2D eigenvalue weighted by Crippen LogP contribution is -2.16. The van der Waals surface area contributed by atoms with Gasteiger partial charge in [-0.15, -0.1) is 0 Å². The zero-order chi connectivity index (χ0) is 15.9. The highest BCUT2D eigenvalue weighted by molar-refractivity contribution is 6.03. The van der Waals surface area contributed by atoms with E-state index in [-0.39, 0.29) is 5.91 Å². The quantitative estimate of drug-likeness (QED) is 0.800. The van der Waals surface area contributed by atoms with E-state index < -0.39 is 0 Å². The SMILES string of the molecule is CCCCNc1nccc(C(=O)Nc2ccc(C)cc2C)n1. The van der Waals surface area contributed by atoms with Crippen LogP contribution >= 0.6 is 0 Å². The number of aromatic nitrogens is 2. The highest BCUT2D eigenvalue weighted by Crippen LogP contribution is 2.16. The zero-order valence-electron chi connectivity index (χ0n) is 13.3. The summed E-state index contributed by atoms with van der Waals surface area (Å²) in [6, 6.07) is 7.53. The van der Waals surface area contributed by atoms with Gasteiger partial charge >= 0.3 is 0 Å². The van der Waals surface area contributed by atoms with Gasteiger partial charge in [0.1, 0.15) is 5.69 Å². The smallest absolute Gasteiger partial charge is 0.274 e. The largest absolute Gasteiger partial charge is 0.354 e. The molecule has 0 saturated heterocycles. The standard InChI is InChI=1S/C17H22N4O/c1-4-5-9-18-17-19-10-8-15(21-17)16(22)20-14-7-6-12(2)11-13(14)3/h6-8,10-11H,4-5,9H2,1-3H3,(H,20,22)(H,18,19,21). The van der Waals surface area contributed by atoms with Crippen molar-refractivity contribution in [2.24, 2.45) is 0 Å². The Bertz CT molecular complexity index is 655. The minimum absolute atomic E-state index is 0.229. The number of benzene rings is 1. The molecule has 1 aromatic heterocycles. The Hall–Kier alpha value is -2.43. The second-order valence-corrected chi connectivity index (χ2v) is 5.32. The summed E-state index contributed by atoms with van der Waals surface area (Å²) in [7, 11) is 0. The number of nitrogens with one attached hydrogen (secondary N) is 2. The van der Waals surface area contributed by atoms with E-state index in [9.17, 15) is 4.79 Å². The first-order valence-corrected chi connectivity index (χ1v) is 7.55. The summed E-state index contributed by atoms with van der Waals surface area (Å²) < 4.78 is 0. The Morgan fingerprint density at radius 3 is 2.77 bits per heavy atom. The molecule has 1 aromatic carbocycles. The van der Waals surface area contributed by atoms with E-state index in [1.807, 2.05) is 32.0 Å². The van der Waals surface area contributed by atoms with Crippen molar-refractivity contribution in [1.29, 1.82) is 0 Å². The number of nitrogens with zero attached hydrogens (tertiary/aromatic N) is 2. The lowest BCUT2D eigenvalue weighted by Gasteiger charge is -2.09. The molecule has 0 saturated carbocycles. The van der Waals surface area contributed by atoms with Gasteiger partial charge in [-0.2, -0.15) is 0 Å². The summed E-state index contributed by atoms with van der Waals surface area (Å²) >= 11 is 0. The molecule has 5 heteroatoms. The molecule has 2 N–H and O–H groups in total. The summed E-state index contributed by atoms with van der Waals surface area (Å²) in [5, 5.41) is 6.01. The molecule has 1 amide bonds. The molecule has 0 atom stereocenters. The van der Waals surface area contributed by atoms with Crippen LogP contribution in [0.25, 0.3) is 0 Å². The fourth-order valence-corrected chi connectivity index (χ4v) is 2.09. The minimum atomic E-state index is -0.229. The van der Waals surface area contributed by atoms with Gasteiger partial charge in [0, 0.05) is 18.4 Å². The summed E-state index contributed by atoms with van der Waals surface area (Å²) in [6.45, 7) is 6.92. The molecule has 0 aliphatic heterocycles. The van der Waals surface area contributed by atoms with Gasteiger partial charge in [-0.25, -0.2) is 9.97 Å². The van der Waals surface area contributed by atoms with Crippen molar-refractivity contribution in [2.75, 3.05) is 17.2 Å². The topological polar surface area (TPSA) is 66.9 Å². The van der Waals surface area contributed by atoms with Gasteiger partial charge in [0.2, 0.25) is 5.95 Å². The van der Waals surface area contributed by atoms with Crippen LogP contribution in [0.4, 0.5) is 11.6 Å². The van der Waals surface area contributed by atoms with Gasteiger partial charge in [0.25, 0.3) is 5.91 Å². The van der Waals surface area contributed by atoms with Crippen LogP contribution in [0.3, 0.4) is 0 Å². The number of unbranched alkanes of at least 4 members (excludes halogenated alkanes) is 1. The molecule has 0 unspecified atom stereocenters. The number of anilines is 2. The van der Waals surface area contributed by atoms with Crippen molar-refractivity contribution in [3.05, 3.63) is 47.3 Å². The van der Waals surface area contributed by atoms with E-state index in [1.165, 1.54) is 5.56 Å². The van der Waals surface area contributed by atoms with Gasteiger partial charge in [0.05, 0.1) is 0 Å². The van der Waals surface area contributed by atoms with Crippen LogP contribution in [0.2, 0.25) is 0 Å². The normalized spacial score (nSPS) is 10.3. The Balaban J connectivity index is 2.07. The highest BCUT2D eigenvalue weighted by Gasteiger charge is 2.10. The van der Waals surface area contributed by atoms with Gasteiger partial charge in [-0.3, -0.25) is 4.79 Å². The van der Waals surface area contributed by atoms with E-state index in [0.717, 1.165) is 30.6 Å². The molecule has 2 rings (SSSR count).